The van der Waals surface area contributed by atoms with Crippen molar-refractivity contribution in [2.45, 2.75) is 40.3 Å². The SMILES string of the molecule is Cc1ccccc1C(=O)NCc1nc2ccccc2n1CCCOc1c(C)cccc1C. The lowest BCUT2D eigenvalue weighted by molar-refractivity contribution is 0.0949. The zero-order chi connectivity index (χ0) is 22.5. The molecule has 0 fully saturated rings. The number of hydrogen-bond donors (Lipinski definition) is 1. The Bertz CT molecular complexity index is 1220. The van der Waals surface area contributed by atoms with Gasteiger partial charge in [0, 0.05) is 12.1 Å². The summed E-state index contributed by atoms with van der Waals surface area (Å²) in [5.41, 5.74) is 5.96. The fourth-order valence-electron chi connectivity index (χ4n) is 4.02. The standard InChI is InChI=1S/C27H29N3O2/c1-19-10-4-5-13-22(19)27(31)28-18-25-29-23-14-6-7-15-24(23)30(25)16-9-17-32-26-20(2)11-8-12-21(26)3/h4-8,10-15H,9,16-18H2,1-3H3,(H,28,31). The molecule has 1 aromatic heterocycles. The minimum atomic E-state index is -0.0833. The Hall–Kier alpha value is -3.60. The van der Waals surface area contributed by atoms with Gasteiger partial charge in [-0.2, -0.15) is 0 Å². The maximum atomic E-state index is 12.7. The number of imidazole rings is 1. The molecule has 3 aromatic carbocycles. The van der Waals surface area contributed by atoms with Crippen LogP contribution in [0.1, 0.15) is 39.3 Å². The van der Waals surface area contributed by atoms with Crippen molar-refractivity contribution >= 4 is 16.9 Å². The Morgan fingerprint density at radius 3 is 2.38 bits per heavy atom. The van der Waals surface area contributed by atoms with Crippen molar-refractivity contribution in [1.82, 2.24) is 14.9 Å². The third-order valence-corrected chi connectivity index (χ3v) is 5.71. The molecular weight excluding hydrogens is 398 g/mol. The number of hydrogen-bond acceptors (Lipinski definition) is 3. The molecule has 0 aliphatic heterocycles. The van der Waals surface area contributed by atoms with Crippen LogP contribution in [0.15, 0.2) is 66.7 Å². The zero-order valence-corrected chi connectivity index (χ0v) is 18.9. The van der Waals surface area contributed by atoms with Gasteiger partial charge >= 0.3 is 0 Å². The summed E-state index contributed by atoms with van der Waals surface area (Å²) in [6, 6.07) is 21.9. The minimum absolute atomic E-state index is 0.0833. The van der Waals surface area contributed by atoms with Crippen molar-refractivity contribution < 1.29 is 9.53 Å². The summed E-state index contributed by atoms with van der Waals surface area (Å²) in [7, 11) is 0. The number of aromatic nitrogens is 2. The Kier molecular flexibility index (Phi) is 6.55. The molecule has 0 aliphatic carbocycles. The van der Waals surface area contributed by atoms with E-state index in [2.05, 4.69) is 41.9 Å². The van der Waals surface area contributed by atoms with Gasteiger partial charge in [-0.05, 0) is 62.1 Å². The highest BCUT2D eigenvalue weighted by Crippen LogP contribution is 2.23. The first-order valence-corrected chi connectivity index (χ1v) is 11.0. The number of benzene rings is 3. The molecule has 5 nitrogen and oxygen atoms in total. The molecule has 0 bridgehead atoms. The first-order chi connectivity index (χ1) is 15.5. The fourth-order valence-corrected chi connectivity index (χ4v) is 4.02. The van der Waals surface area contributed by atoms with Gasteiger partial charge in [-0.15, -0.1) is 0 Å². The van der Waals surface area contributed by atoms with Gasteiger partial charge in [0.1, 0.15) is 11.6 Å². The van der Waals surface area contributed by atoms with Crippen molar-refractivity contribution in [3.05, 3.63) is 94.8 Å². The molecule has 4 rings (SSSR count). The highest BCUT2D eigenvalue weighted by atomic mass is 16.5. The summed E-state index contributed by atoms with van der Waals surface area (Å²) in [5, 5.41) is 3.04. The number of aryl methyl sites for hydroxylation is 4. The Balaban J connectivity index is 1.45. The van der Waals surface area contributed by atoms with Crippen molar-refractivity contribution in [3.8, 4) is 5.75 Å². The topological polar surface area (TPSA) is 56.2 Å². The summed E-state index contributed by atoms with van der Waals surface area (Å²) in [6.45, 7) is 7.84. The van der Waals surface area contributed by atoms with Crippen LogP contribution in [-0.4, -0.2) is 22.1 Å². The van der Waals surface area contributed by atoms with Crippen LogP contribution in [0, 0.1) is 20.8 Å². The molecule has 0 spiro atoms. The number of fused-ring (bicyclic) bond motifs is 1. The van der Waals surface area contributed by atoms with Crippen LogP contribution in [0.25, 0.3) is 11.0 Å². The van der Waals surface area contributed by atoms with Gasteiger partial charge in [0.2, 0.25) is 0 Å². The second-order valence-corrected chi connectivity index (χ2v) is 8.09. The Morgan fingerprint density at radius 2 is 1.59 bits per heavy atom. The highest BCUT2D eigenvalue weighted by Gasteiger charge is 2.13. The molecule has 0 radical (unpaired) electrons. The average molecular weight is 428 g/mol. The largest absolute Gasteiger partial charge is 0.493 e. The van der Waals surface area contributed by atoms with E-state index in [1.54, 1.807) is 0 Å². The summed E-state index contributed by atoms with van der Waals surface area (Å²) in [6.07, 6.45) is 0.840. The number of ether oxygens (including phenoxy) is 1. The van der Waals surface area contributed by atoms with Gasteiger partial charge in [0.15, 0.2) is 0 Å². The molecule has 0 atom stereocenters. The fraction of sp³-hybridized carbons (Fsp3) is 0.259. The van der Waals surface area contributed by atoms with Crippen LogP contribution in [0.3, 0.4) is 0 Å². The quantitative estimate of drug-likeness (QED) is 0.385. The number of para-hydroxylation sites is 3. The molecule has 4 aromatic rings. The lowest BCUT2D eigenvalue weighted by Gasteiger charge is -2.14. The predicted molar refractivity (Wildman–Crippen MR) is 128 cm³/mol. The van der Waals surface area contributed by atoms with E-state index in [4.69, 9.17) is 9.72 Å². The molecule has 1 N–H and O–H groups in total. The maximum Gasteiger partial charge on any atom is 0.251 e. The summed E-state index contributed by atoms with van der Waals surface area (Å²) in [5.74, 6) is 1.73. The van der Waals surface area contributed by atoms with E-state index in [1.165, 1.54) is 0 Å². The third kappa shape index (κ3) is 4.67. The van der Waals surface area contributed by atoms with E-state index in [0.29, 0.717) is 18.7 Å². The van der Waals surface area contributed by atoms with Gasteiger partial charge in [0.05, 0.1) is 24.2 Å². The van der Waals surface area contributed by atoms with Crippen molar-refractivity contribution in [2.75, 3.05) is 6.61 Å². The molecule has 0 saturated heterocycles. The molecule has 1 amide bonds. The summed E-state index contributed by atoms with van der Waals surface area (Å²) < 4.78 is 8.27. The molecule has 164 valence electrons. The first-order valence-electron chi connectivity index (χ1n) is 11.0. The Morgan fingerprint density at radius 1 is 0.906 bits per heavy atom. The molecule has 32 heavy (non-hydrogen) atoms. The van der Waals surface area contributed by atoms with E-state index in [-0.39, 0.29) is 5.91 Å². The zero-order valence-electron chi connectivity index (χ0n) is 18.9. The van der Waals surface area contributed by atoms with Crippen molar-refractivity contribution in [3.63, 3.8) is 0 Å². The van der Waals surface area contributed by atoms with E-state index >= 15 is 0 Å². The summed E-state index contributed by atoms with van der Waals surface area (Å²) >= 11 is 0. The van der Waals surface area contributed by atoms with Gasteiger partial charge in [-0.3, -0.25) is 4.79 Å². The average Bonchev–Trinajstić information content (AvgIpc) is 3.14. The van der Waals surface area contributed by atoms with Crippen LogP contribution in [0.5, 0.6) is 5.75 Å². The monoisotopic (exact) mass is 427 g/mol. The lowest BCUT2D eigenvalue weighted by Crippen LogP contribution is -2.25. The molecule has 5 heteroatoms. The lowest BCUT2D eigenvalue weighted by atomic mass is 10.1. The van der Waals surface area contributed by atoms with Gasteiger partial charge < -0.3 is 14.6 Å². The summed E-state index contributed by atoms with van der Waals surface area (Å²) in [4.78, 5) is 17.5. The highest BCUT2D eigenvalue weighted by molar-refractivity contribution is 5.95. The second-order valence-electron chi connectivity index (χ2n) is 8.09. The van der Waals surface area contributed by atoms with Crippen molar-refractivity contribution in [1.29, 1.82) is 0 Å². The van der Waals surface area contributed by atoms with Crippen LogP contribution in [0.2, 0.25) is 0 Å². The van der Waals surface area contributed by atoms with E-state index in [0.717, 1.165) is 52.3 Å². The van der Waals surface area contributed by atoms with Crippen LogP contribution >= 0.6 is 0 Å². The molecular formula is C27H29N3O2. The van der Waals surface area contributed by atoms with Gasteiger partial charge in [-0.1, -0.05) is 48.5 Å². The van der Waals surface area contributed by atoms with Gasteiger partial charge in [-0.25, -0.2) is 4.98 Å². The maximum absolute atomic E-state index is 12.7. The molecule has 0 unspecified atom stereocenters. The molecule has 1 heterocycles. The van der Waals surface area contributed by atoms with E-state index < -0.39 is 0 Å². The molecule has 0 aliphatic rings. The number of nitrogens with zero attached hydrogens (tertiary/aromatic N) is 2. The second kappa shape index (κ2) is 9.69. The minimum Gasteiger partial charge on any atom is -0.493 e. The predicted octanol–water partition coefficient (Wildman–Crippen LogP) is 5.36. The van der Waals surface area contributed by atoms with E-state index in [9.17, 15) is 4.79 Å². The first kappa shape index (κ1) is 21.6. The number of amides is 1. The number of nitrogens with one attached hydrogen (secondary N) is 1. The third-order valence-electron chi connectivity index (χ3n) is 5.71. The van der Waals surface area contributed by atoms with Crippen LogP contribution in [0.4, 0.5) is 0 Å². The van der Waals surface area contributed by atoms with Crippen LogP contribution in [-0.2, 0) is 13.1 Å². The van der Waals surface area contributed by atoms with Gasteiger partial charge in [0.25, 0.3) is 5.91 Å². The number of rotatable bonds is 8. The van der Waals surface area contributed by atoms with Crippen molar-refractivity contribution in [2.24, 2.45) is 0 Å². The van der Waals surface area contributed by atoms with Crippen LogP contribution < -0.4 is 10.1 Å². The van der Waals surface area contributed by atoms with E-state index in [1.807, 2.05) is 55.5 Å². The smallest absolute Gasteiger partial charge is 0.251 e. The molecule has 0 saturated carbocycles. The Labute approximate surface area is 189 Å². The normalized spacial score (nSPS) is 11.0. The number of carbonyl (C=O) groups excluding carboxylic acids is 1. The number of carbonyl (C=O) groups is 1.